The van der Waals surface area contributed by atoms with Crippen molar-refractivity contribution in [3.05, 3.63) is 64.7 Å². The van der Waals surface area contributed by atoms with Crippen molar-refractivity contribution in [2.75, 3.05) is 0 Å². The number of amides is 1. The Morgan fingerprint density at radius 2 is 1.85 bits per heavy atom. The van der Waals surface area contributed by atoms with Crippen LogP contribution in [0.3, 0.4) is 0 Å². The Morgan fingerprint density at radius 3 is 2.50 bits per heavy atom. The highest BCUT2D eigenvalue weighted by atomic mass is 32.2. The van der Waals surface area contributed by atoms with Gasteiger partial charge in [-0.3, -0.25) is 10.2 Å². The van der Waals surface area contributed by atoms with E-state index in [1.807, 2.05) is 23.9 Å². The molecule has 0 aliphatic rings. The van der Waals surface area contributed by atoms with Crippen molar-refractivity contribution in [1.29, 1.82) is 0 Å². The SMILES string of the molecule is Cc1ccc(C)c(SCc2ccc(C(=O)NN)cc2)c1. The highest BCUT2D eigenvalue weighted by Crippen LogP contribution is 2.27. The molecule has 0 aliphatic carbocycles. The summed E-state index contributed by atoms with van der Waals surface area (Å²) in [5.41, 5.74) is 6.45. The Hall–Kier alpha value is -1.78. The maximum atomic E-state index is 11.3. The van der Waals surface area contributed by atoms with E-state index in [2.05, 4.69) is 37.5 Å². The molecular formula is C16H18N2OS. The Kier molecular flexibility index (Phi) is 4.82. The summed E-state index contributed by atoms with van der Waals surface area (Å²) in [6.45, 7) is 4.22. The molecule has 104 valence electrons. The molecule has 0 spiro atoms. The lowest BCUT2D eigenvalue weighted by atomic mass is 10.1. The minimum Gasteiger partial charge on any atom is -0.290 e. The number of nitrogens with one attached hydrogen (secondary N) is 1. The second-order valence-corrected chi connectivity index (χ2v) is 5.75. The van der Waals surface area contributed by atoms with E-state index < -0.39 is 0 Å². The van der Waals surface area contributed by atoms with Gasteiger partial charge < -0.3 is 0 Å². The molecule has 0 fully saturated rings. The van der Waals surface area contributed by atoms with E-state index in [9.17, 15) is 4.79 Å². The summed E-state index contributed by atoms with van der Waals surface area (Å²) in [6.07, 6.45) is 0. The van der Waals surface area contributed by atoms with Crippen LogP contribution in [-0.2, 0) is 5.75 Å². The number of aryl methyl sites for hydroxylation is 2. The number of carbonyl (C=O) groups excluding carboxylic acids is 1. The van der Waals surface area contributed by atoms with Gasteiger partial charge in [-0.15, -0.1) is 11.8 Å². The molecule has 2 rings (SSSR count). The number of hydrogen-bond acceptors (Lipinski definition) is 3. The van der Waals surface area contributed by atoms with E-state index in [0.29, 0.717) is 5.56 Å². The molecule has 1 amide bonds. The zero-order valence-corrected chi connectivity index (χ0v) is 12.5. The number of rotatable bonds is 4. The van der Waals surface area contributed by atoms with Crippen LogP contribution >= 0.6 is 11.8 Å². The van der Waals surface area contributed by atoms with Crippen LogP contribution in [0.4, 0.5) is 0 Å². The molecule has 0 saturated heterocycles. The third kappa shape index (κ3) is 3.62. The van der Waals surface area contributed by atoms with Crippen LogP contribution in [0.25, 0.3) is 0 Å². The second-order valence-electron chi connectivity index (χ2n) is 4.73. The molecule has 3 nitrogen and oxygen atoms in total. The topological polar surface area (TPSA) is 55.1 Å². The third-order valence-corrected chi connectivity index (χ3v) is 4.31. The standard InChI is InChI=1S/C16H18N2OS/c1-11-3-4-12(2)15(9-11)20-10-13-5-7-14(8-6-13)16(19)18-17/h3-9H,10,17H2,1-2H3,(H,18,19). The van der Waals surface area contributed by atoms with Crippen molar-refractivity contribution >= 4 is 17.7 Å². The molecule has 2 aromatic carbocycles. The maximum Gasteiger partial charge on any atom is 0.265 e. The van der Waals surface area contributed by atoms with Crippen LogP contribution < -0.4 is 11.3 Å². The van der Waals surface area contributed by atoms with Gasteiger partial charge in [-0.25, -0.2) is 5.84 Å². The van der Waals surface area contributed by atoms with Crippen molar-refractivity contribution in [2.24, 2.45) is 5.84 Å². The van der Waals surface area contributed by atoms with E-state index in [1.54, 1.807) is 12.1 Å². The van der Waals surface area contributed by atoms with Gasteiger partial charge in [0.25, 0.3) is 5.91 Å². The molecule has 0 bridgehead atoms. The van der Waals surface area contributed by atoms with Crippen LogP contribution in [-0.4, -0.2) is 5.91 Å². The van der Waals surface area contributed by atoms with Crippen LogP contribution in [0.2, 0.25) is 0 Å². The molecule has 20 heavy (non-hydrogen) atoms. The lowest BCUT2D eigenvalue weighted by Gasteiger charge is -2.07. The fourth-order valence-corrected chi connectivity index (χ4v) is 2.94. The Balaban J connectivity index is 2.04. The average Bonchev–Trinajstić information content (AvgIpc) is 2.48. The first kappa shape index (κ1) is 14.6. The molecule has 0 heterocycles. The molecule has 0 atom stereocenters. The summed E-state index contributed by atoms with van der Waals surface area (Å²) < 4.78 is 0. The third-order valence-electron chi connectivity index (χ3n) is 3.09. The van der Waals surface area contributed by atoms with Gasteiger partial charge >= 0.3 is 0 Å². The minimum atomic E-state index is -0.265. The summed E-state index contributed by atoms with van der Waals surface area (Å²) in [7, 11) is 0. The van der Waals surface area contributed by atoms with Gasteiger partial charge in [0.1, 0.15) is 0 Å². The first-order valence-electron chi connectivity index (χ1n) is 6.40. The largest absolute Gasteiger partial charge is 0.290 e. The van der Waals surface area contributed by atoms with Crippen molar-refractivity contribution in [3.63, 3.8) is 0 Å². The quantitative estimate of drug-likeness (QED) is 0.393. The molecule has 0 aliphatic heterocycles. The van der Waals surface area contributed by atoms with Gasteiger partial charge in [-0.2, -0.15) is 0 Å². The van der Waals surface area contributed by atoms with Gasteiger partial charge in [0.05, 0.1) is 0 Å². The van der Waals surface area contributed by atoms with E-state index >= 15 is 0 Å². The van der Waals surface area contributed by atoms with E-state index in [-0.39, 0.29) is 5.91 Å². The molecule has 0 radical (unpaired) electrons. The summed E-state index contributed by atoms with van der Waals surface area (Å²) in [5, 5.41) is 0. The Labute approximate surface area is 123 Å². The second kappa shape index (κ2) is 6.59. The monoisotopic (exact) mass is 286 g/mol. The summed E-state index contributed by atoms with van der Waals surface area (Å²) in [4.78, 5) is 12.6. The number of hydrazine groups is 1. The number of hydrogen-bond donors (Lipinski definition) is 2. The molecule has 2 aromatic rings. The highest BCUT2D eigenvalue weighted by molar-refractivity contribution is 7.98. The number of thioether (sulfide) groups is 1. The van der Waals surface area contributed by atoms with Crippen LogP contribution in [0.1, 0.15) is 27.0 Å². The van der Waals surface area contributed by atoms with Gasteiger partial charge in [0.2, 0.25) is 0 Å². The molecular weight excluding hydrogens is 268 g/mol. The van der Waals surface area contributed by atoms with Crippen LogP contribution in [0, 0.1) is 13.8 Å². The van der Waals surface area contributed by atoms with E-state index in [1.165, 1.54) is 21.6 Å². The van der Waals surface area contributed by atoms with Gasteiger partial charge in [0.15, 0.2) is 0 Å². The fraction of sp³-hybridized carbons (Fsp3) is 0.188. The number of nitrogen functional groups attached to an aromatic ring is 1. The average molecular weight is 286 g/mol. The van der Waals surface area contributed by atoms with Gasteiger partial charge in [-0.05, 0) is 43.2 Å². The maximum absolute atomic E-state index is 11.3. The van der Waals surface area contributed by atoms with E-state index in [4.69, 9.17) is 5.84 Å². The van der Waals surface area contributed by atoms with E-state index in [0.717, 1.165) is 5.75 Å². The van der Waals surface area contributed by atoms with Crippen molar-refractivity contribution in [3.8, 4) is 0 Å². The smallest absolute Gasteiger partial charge is 0.265 e. The molecule has 0 unspecified atom stereocenters. The lowest BCUT2D eigenvalue weighted by Crippen LogP contribution is -2.29. The van der Waals surface area contributed by atoms with Gasteiger partial charge in [-0.1, -0.05) is 29.8 Å². The number of nitrogens with two attached hydrogens (primary N) is 1. The fourth-order valence-electron chi connectivity index (χ4n) is 1.86. The molecule has 3 N–H and O–H groups in total. The molecule has 0 aromatic heterocycles. The summed E-state index contributed by atoms with van der Waals surface area (Å²) in [6, 6.07) is 14.0. The predicted molar refractivity (Wildman–Crippen MR) is 83.6 cm³/mol. The van der Waals surface area contributed by atoms with Crippen LogP contribution in [0.15, 0.2) is 47.4 Å². The first-order valence-corrected chi connectivity index (χ1v) is 7.38. The number of carbonyl (C=O) groups is 1. The zero-order chi connectivity index (χ0) is 14.5. The first-order chi connectivity index (χ1) is 9.60. The summed E-state index contributed by atoms with van der Waals surface area (Å²) >= 11 is 1.81. The zero-order valence-electron chi connectivity index (χ0n) is 11.6. The Morgan fingerprint density at radius 1 is 1.15 bits per heavy atom. The van der Waals surface area contributed by atoms with Crippen LogP contribution in [0.5, 0.6) is 0 Å². The molecule has 4 heteroatoms. The summed E-state index contributed by atoms with van der Waals surface area (Å²) in [5.74, 6) is 5.72. The normalized spacial score (nSPS) is 10.3. The van der Waals surface area contributed by atoms with Crippen molar-refractivity contribution in [1.82, 2.24) is 5.43 Å². The lowest BCUT2D eigenvalue weighted by molar-refractivity contribution is 0.0953. The van der Waals surface area contributed by atoms with Crippen molar-refractivity contribution in [2.45, 2.75) is 24.5 Å². The Bertz CT molecular complexity index is 608. The molecule has 0 saturated carbocycles. The minimum absolute atomic E-state index is 0.265. The highest BCUT2D eigenvalue weighted by Gasteiger charge is 2.04. The van der Waals surface area contributed by atoms with Gasteiger partial charge in [0, 0.05) is 16.2 Å². The predicted octanol–water partition coefficient (Wildman–Crippen LogP) is 3.20. The number of benzene rings is 2. The van der Waals surface area contributed by atoms with Crippen molar-refractivity contribution < 1.29 is 4.79 Å².